The van der Waals surface area contributed by atoms with E-state index in [4.69, 9.17) is 22.1 Å². The molecule has 0 amide bonds. The van der Waals surface area contributed by atoms with Gasteiger partial charge in [0.2, 0.25) is 0 Å². The minimum atomic E-state index is 0. The number of rotatable bonds is 4. The van der Waals surface area contributed by atoms with Gasteiger partial charge in [-0.15, -0.1) is 24.0 Å². The van der Waals surface area contributed by atoms with Crippen LogP contribution in [0, 0.1) is 6.92 Å². The van der Waals surface area contributed by atoms with E-state index < -0.39 is 0 Å². The number of ether oxygens (including phenoxy) is 1. The van der Waals surface area contributed by atoms with Crippen LogP contribution in [0.4, 0.5) is 5.69 Å². The van der Waals surface area contributed by atoms with Gasteiger partial charge in [-0.2, -0.15) is 0 Å². The Balaban J connectivity index is 0.00000242. The Labute approximate surface area is 152 Å². The molecule has 0 saturated carbocycles. The summed E-state index contributed by atoms with van der Waals surface area (Å²) in [5.41, 5.74) is 8.90. The molecule has 22 heavy (non-hydrogen) atoms. The number of hydrogen-bond acceptors (Lipinski definition) is 2. The molecule has 0 fully saturated rings. The first-order valence-corrected chi connectivity index (χ1v) is 6.92. The lowest BCUT2D eigenvalue weighted by Gasteiger charge is -2.09. The van der Waals surface area contributed by atoms with Crippen LogP contribution in [-0.4, -0.2) is 13.1 Å². The summed E-state index contributed by atoms with van der Waals surface area (Å²) in [6, 6.07) is 13.4. The number of aliphatic imine (C=N–C) groups is 1. The standard InChI is InChI=1S/C16H18ClN3O.HI/c1-11-4-3-5-14(8-11)20-16(18)19-10-12-6-7-13(17)9-15(12)21-2;/h3-9H,10H2,1-2H3,(H3,18,19,20);1H. The fraction of sp³-hybridized carbons (Fsp3) is 0.188. The van der Waals surface area contributed by atoms with Crippen molar-refractivity contribution in [3.63, 3.8) is 0 Å². The highest BCUT2D eigenvalue weighted by atomic mass is 127. The van der Waals surface area contributed by atoms with Crippen molar-refractivity contribution in [2.45, 2.75) is 13.5 Å². The summed E-state index contributed by atoms with van der Waals surface area (Å²) in [4.78, 5) is 4.32. The second-order valence-electron chi connectivity index (χ2n) is 4.65. The van der Waals surface area contributed by atoms with Crippen LogP contribution >= 0.6 is 35.6 Å². The smallest absolute Gasteiger partial charge is 0.193 e. The summed E-state index contributed by atoms with van der Waals surface area (Å²) in [6.45, 7) is 2.45. The first-order valence-electron chi connectivity index (χ1n) is 6.54. The highest BCUT2D eigenvalue weighted by Crippen LogP contribution is 2.23. The summed E-state index contributed by atoms with van der Waals surface area (Å²) in [5.74, 6) is 1.06. The van der Waals surface area contributed by atoms with E-state index in [2.05, 4.69) is 10.3 Å². The number of nitrogens with zero attached hydrogens (tertiary/aromatic N) is 1. The van der Waals surface area contributed by atoms with Crippen molar-refractivity contribution in [1.82, 2.24) is 0 Å². The molecule has 3 N–H and O–H groups in total. The lowest BCUT2D eigenvalue weighted by Crippen LogP contribution is -2.22. The third kappa shape index (κ3) is 5.38. The molecule has 0 radical (unpaired) electrons. The molecular formula is C16H19ClIN3O. The molecule has 0 aromatic heterocycles. The van der Waals surface area contributed by atoms with Gasteiger partial charge >= 0.3 is 0 Å². The third-order valence-electron chi connectivity index (χ3n) is 2.96. The molecule has 2 aromatic carbocycles. The van der Waals surface area contributed by atoms with Gasteiger partial charge in [0.25, 0.3) is 0 Å². The number of guanidine groups is 1. The van der Waals surface area contributed by atoms with Gasteiger partial charge < -0.3 is 15.8 Å². The van der Waals surface area contributed by atoms with Gasteiger partial charge in [0.1, 0.15) is 5.75 Å². The highest BCUT2D eigenvalue weighted by molar-refractivity contribution is 14.0. The van der Waals surface area contributed by atoms with E-state index in [-0.39, 0.29) is 24.0 Å². The summed E-state index contributed by atoms with van der Waals surface area (Å²) >= 11 is 5.93. The molecule has 0 spiro atoms. The number of methoxy groups -OCH3 is 1. The van der Waals surface area contributed by atoms with Crippen LogP contribution in [-0.2, 0) is 6.54 Å². The van der Waals surface area contributed by atoms with E-state index in [9.17, 15) is 0 Å². The van der Waals surface area contributed by atoms with Gasteiger partial charge in [0.05, 0.1) is 13.7 Å². The normalized spacial score (nSPS) is 10.8. The summed E-state index contributed by atoms with van der Waals surface area (Å²) in [6.07, 6.45) is 0. The zero-order valence-corrected chi connectivity index (χ0v) is 15.6. The van der Waals surface area contributed by atoms with Crippen LogP contribution in [0.25, 0.3) is 0 Å². The Kier molecular flexibility index (Phi) is 7.47. The number of benzene rings is 2. The second-order valence-corrected chi connectivity index (χ2v) is 5.09. The van der Waals surface area contributed by atoms with Crippen molar-refractivity contribution >= 4 is 47.2 Å². The number of nitrogens with one attached hydrogen (secondary N) is 1. The molecule has 0 unspecified atom stereocenters. The molecule has 6 heteroatoms. The maximum Gasteiger partial charge on any atom is 0.193 e. The summed E-state index contributed by atoms with van der Waals surface area (Å²) in [7, 11) is 1.60. The molecule has 0 atom stereocenters. The maximum atomic E-state index is 5.93. The van der Waals surface area contributed by atoms with Crippen molar-refractivity contribution in [2.24, 2.45) is 10.7 Å². The van der Waals surface area contributed by atoms with E-state index >= 15 is 0 Å². The Hall–Kier alpha value is -1.47. The first kappa shape index (κ1) is 18.6. The van der Waals surface area contributed by atoms with Gasteiger partial charge in [-0.05, 0) is 36.8 Å². The van der Waals surface area contributed by atoms with E-state index in [0.717, 1.165) is 16.8 Å². The monoisotopic (exact) mass is 431 g/mol. The van der Waals surface area contributed by atoms with E-state index in [1.807, 2.05) is 37.3 Å². The largest absolute Gasteiger partial charge is 0.496 e. The molecular weight excluding hydrogens is 413 g/mol. The molecule has 0 aliphatic rings. The van der Waals surface area contributed by atoms with Crippen molar-refractivity contribution in [2.75, 3.05) is 12.4 Å². The molecule has 0 bridgehead atoms. The SMILES string of the molecule is COc1cc(Cl)ccc1CN=C(N)Nc1cccc(C)c1.I. The molecule has 0 saturated heterocycles. The number of halogens is 2. The van der Waals surface area contributed by atoms with Crippen LogP contribution in [0.15, 0.2) is 47.5 Å². The lowest BCUT2D eigenvalue weighted by atomic mass is 10.2. The Morgan fingerprint density at radius 2 is 2.05 bits per heavy atom. The lowest BCUT2D eigenvalue weighted by molar-refractivity contribution is 0.410. The highest BCUT2D eigenvalue weighted by Gasteiger charge is 2.03. The quantitative estimate of drug-likeness (QED) is 0.433. The topological polar surface area (TPSA) is 59.6 Å². The molecule has 118 valence electrons. The van der Waals surface area contributed by atoms with Gasteiger partial charge in [-0.25, -0.2) is 4.99 Å². The molecule has 2 aromatic rings. The second kappa shape index (κ2) is 8.85. The summed E-state index contributed by atoms with van der Waals surface area (Å²) in [5, 5.41) is 3.69. The van der Waals surface area contributed by atoms with Crippen LogP contribution in [0.3, 0.4) is 0 Å². The Morgan fingerprint density at radius 3 is 2.73 bits per heavy atom. The van der Waals surface area contributed by atoms with Gasteiger partial charge in [0.15, 0.2) is 5.96 Å². The van der Waals surface area contributed by atoms with Crippen LogP contribution in [0.1, 0.15) is 11.1 Å². The molecule has 0 aliphatic heterocycles. The van der Waals surface area contributed by atoms with E-state index in [0.29, 0.717) is 23.3 Å². The van der Waals surface area contributed by atoms with Crippen molar-refractivity contribution in [3.8, 4) is 5.75 Å². The Morgan fingerprint density at radius 1 is 1.27 bits per heavy atom. The average Bonchev–Trinajstić information content (AvgIpc) is 2.45. The van der Waals surface area contributed by atoms with E-state index in [1.165, 1.54) is 0 Å². The summed E-state index contributed by atoms with van der Waals surface area (Å²) < 4.78 is 5.28. The van der Waals surface area contributed by atoms with Gasteiger partial charge in [0, 0.05) is 16.3 Å². The molecule has 2 rings (SSSR count). The number of nitrogens with two attached hydrogens (primary N) is 1. The molecule has 4 nitrogen and oxygen atoms in total. The minimum absolute atomic E-state index is 0. The third-order valence-corrected chi connectivity index (χ3v) is 3.19. The first-order chi connectivity index (χ1) is 10.1. The zero-order valence-electron chi connectivity index (χ0n) is 12.5. The zero-order chi connectivity index (χ0) is 15.2. The maximum absolute atomic E-state index is 5.93. The van der Waals surface area contributed by atoms with Crippen LogP contribution in [0.5, 0.6) is 5.75 Å². The molecule has 0 heterocycles. The van der Waals surface area contributed by atoms with Gasteiger partial charge in [-0.1, -0.05) is 29.8 Å². The molecule has 0 aliphatic carbocycles. The number of hydrogen-bond donors (Lipinski definition) is 2. The van der Waals surface area contributed by atoms with Crippen molar-refractivity contribution < 1.29 is 4.74 Å². The predicted octanol–water partition coefficient (Wildman–Crippen LogP) is 4.20. The fourth-order valence-electron chi connectivity index (χ4n) is 1.93. The van der Waals surface area contributed by atoms with E-state index in [1.54, 1.807) is 19.2 Å². The van der Waals surface area contributed by atoms with Gasteiger partial charge in [-0.3, -0.25) is 0 Å². The predicted molar refractivity (Wildman–Crippen MR) is 104 cm³/mol. The minimum Gasteiger partial charge on any atom is -0.496 e. The van der Waals surface area contributed by atoms with Crippen LogP contribution in [0.2, 0.25) is 5.02 Å². The Bertz CT molecular complexity index is 662. The van der Waals surface area contributed by atoms with Crippen molar-refractivity contribution in [1.29, 1.82) is 0 Å². The number of aryl methyl sites for hydroxylation is 1. The van der Waals surface area contributed by atoms with Crippen molar-refractivity contribution in [3.05, 3.63) is 58.6 Å². The van der Waals surface area contributed by atoms with Crippen LogP contribution < -0.4 is 15.8 Å². The average molecular weight is 432 g/mol. The number of anilines is 1. The fourth-order valence-corrected chi connectivity index (χ4v) is 2.09.